The number of anilines is 1. The SMILES string of the molecule is Cc1nc(Oc2ccccc2F)nc(C)c1NC(=O)c1cncc(Br)c1. The Morgan fingerprint density at radius 2 is 1.85 bits per heavy atom. The van der Waals surface area contributed by atoms with E-state index in [0.29, 0.717) is 27.1 Å². The predicted molar refractivity (Wildman–Crippen MR) is 97.9 cm³/mol. The number of amides is 1. The van der Waals surface area contributed by atoms with Crippen molar-refractivity contribution in [2.24, 2.45) is 0 Å². The van der Waals surface area contributed by atoms with Gasteiger partial charge in [-0.2, -0.15) is 9.97 Å². The molecule has 0 fully saturated rings. The zero-order valence-corrected chi connectivity index (χ0v) is 15.5. The minimum Gasteiger partial charge on any atom is -0.421 e. The number of benzene rings is 1. The first-order valence-corrected chi connectivity index (χ1v) is 8.43. The van der Waals surface area contributed by atoms with Crippen LogP contribution in [0.25, 0.3) is 0 Å². The number of pyridine rings is 1. The molecule has 6 nitrogen and oxygen atoms in total. The number of ether oxygens (including phenoxy) is 1. The van der Waals surface area contributed by atoms with Crippen LogP contribution >= 0.6 is 15.9 Å². The van der Waals surface area contributed by atoms with Crippen LogP contribution in [0.3, 0.4) is 0 Å². The Balaban J connectivity index is 1.83. The standard InChI is InChI=1S/C18H14BrFN4O2/c1-10-16(24-17(25)12-7-13(19)9-21-8-12)11(2)23-18(22-10)26-15-6-4-3-5-14(15)20/h3-9H,1-2H3,(H,24,25). The number of carbonyl (C=O) groups excluding carboxylic acids is 1. The van der Waals surface area contributed by atoms with Crippen LogP contribution in [0.4, 0.5) is 10.1 Å². The molecular formula is C18H14BrFN4O2. The van der Waals surface area contributed by atoms with E-state index in [0.717, 1.165) is 0 Å². The fourth-order valence-corrected chi connectivity index (χ4v) is 2.62. The quantitative estimate of drug-likeness (QED) is 0.680. The van der Waals surface area contributed by atoms with Gasteiger partial charge in [-0.15, -0.1) is 0 Å². The minimum absolute atomic E-state index is 0.00669. The summed E-state index contributed by atoms with van der Waals surface area (Å²) in [7, 11) is 0. The van der Waals surface area contributed by atoms with Gasteiger partial charge in [-0.05, 0) is 48.0 Å². The first kappa shape index (κ1) is 17.9. The highest BCUT2D eigenvalue weighted by Crippen LogP contribution is 2.25. The lowest BCUT2D eigenvalue weighted by Crippen LogP contribution is -2.15. The van der Waals surface area contributed by atoms with Crippen LogP contribution in [0.2, 0.25) is 0 Å². The molecule has 0 aliphatic rings. The first-order chi connectivity index (χ1) is 12.4. The highest BCUT2D eigenvalue weighted by molar-refractivity contribution is 9.10. The van der Waals surface area contributed by atoms with Crippen LogP contribution < -0.4 is 10.1 Å². The maximum Gasteiger partial charge on any atom is 0.322 e. The van der Waals surface area contributed by atoms with Crippen molar-refractivity contribution in [3.8, 4) is 11.8 Å². The molecule has 2 heterocycles. The predicted octanol–water partition coefficient (Wildman–Crippen LogP) is 4.43. The molecule has 0 aliphatic heterocycles. The lowest BCUT2D eigenvalue weighted by Gasteiger charge is -2.12. The summed E-state index contributed by atoms with van der Waals surface area (Å²) < 4.78 is 19.8. The fourth-order valence-electron chi connectivity index (χ4n) is 2.26. The lowest BCUT2D eigenvalue weighted by atomic mass is 10.2. The Morgan fingerprint density at radius 3 is 2.50 bits per heavy atom. The Kier molecular flexibility index (Phi) is 5.22. The Bertz CT molecular complexity index is 958. The van der Waals surface area contributed by atoms with Crippen LogP contribution in [0.1, 0.15) is 21.7 Å². The van der Waals surface area contributed by atoms with Gasteiger partial charge in [0, 0.05) is 16.9 Å². The summed E-state index contributed by atoms with van der Waals surface area (Å²) in [5.74, 6) is -0.814. The molecule has 0 aliphatic carbocycles. The topological polar surface area (TPSA) is 77.0 Å². The second-order valence-corrected chi connectivity index (χ2v) is 6.35. The van der Waals surface area contributed by atoms with E-state index in [4.69, 9.17) is 4.74 Å². The molecule has 132 valence electrons. The van der Waals surface area contributed by atoms with Gasteiger partial charge in [0.1, 0.15) is 0 Å². The molecule has 0 saturated heterocycles. The van der Waals surface area contributed by atoms with Gasteiger partial charge in [-0.1, -0.05) is 12.1 Å². The summed E-state index contributed by atoms with van der Waals surface area (Å²) in [6.45, 7) is 3.41. The third kappa shape index (κ3) is 4.02. The summed E-state index contributed by atoms with van der Waals surface area (Å²) in [6, 6.07) is 7.65. The summed E-state index contributed by atoms with van der Waals surface area (Å²) in [6.07, 6.45) is 3.05. The average Bonchev–Trinajstić information content (AvgIpc) is 2.60. The minimum atomic E-state index is -0.508. The molecule has 2 aromatic heterocycles. The Hall–Kier alpha value is -2.87. The molecule has 0 bridgehead atoms. The van der Waals surface area contributed by atoms with E-state index in [-0.39, 0.29) is 17.7 Å². The van der Waals surface area contributed by atoms with Crippen molar-refractivity contribution in [3.63, 3.8) is 0 Å². The van der Waals surface area contributed by atoms with Crippen molar-refractivity contribution in [3.05, 3.63) is 70.0 Å². The molecule has 3 rings (SSSR count). The van der Waals surface area contributed by atoms with E-state index in [1.54, 1.807) is 38.2 Å². The molecule has 1 N–H and O–H groups in total. The van der Waals surface area contributed by atoms with Crippen molar-refractivity contribution in [2.75, 3.05) is 5.32 Å². The maximum absolute atomic E-state index is 13.7. The zero-order chi connectivity index (χ0) is 18.7. The number of hydrogen-bond acceptors (Lipinski definition) is 5. The number of para-hydroxylation sites is 1. The largest absolute Gasteiger partial charge is 0.421 e. The van der Waals surface area contributed by atoms with Gasteiger partial charge >= 0.3 is 6.01 Å². The third-order valence-electron chi connectivity index (χ3n) is 3.49. The van der Waals surface area contributed by atoms with Gasteiger partial charge in [0.2, 0.25) is 0 Å². The molecule has 1 amide bonds. The van der Waals surface area contributed by atoms with E-state index in [2.05, 4.69) is 36.2 Å². The monoisotopic (exact) mass is 416 g/mol. The molecule has 3 aromatic rings. The van der Waals surface area contributed by atoms with E-state index < -0.39 is 5.82 Å². The summed E-state index contributed by atoms with van der Waals surface area (Å²) in [5.41, 5.74) is 1.86. The Morgan fingerprint density at radius 1 is 1.15 bits per heavy atom. The molecule has 0 spiro atoms. The number of nitrogens with zero attached hydrogens (tertiary/aromatic N) is 3. The average molecular weight is 417 g/mol. The van der Waals surface area contributed by atoms with Crippen LogP contribution in [-0.4, -0.2) is 20.9 Å². The second kappa shape index (κ2) is 7.57. The van der Waals surface area contributed by atoms with Crippen LogP contribution in [0.15, 0.2) is 47.2 Å². The molecule has 0 saturated carbocycles. The van der Waals surface area contributed by atoms with Gasteiger partial charge in [-0.3, -0.25) is 9.78 Å². The van der Waals surface area contributed by atoms with E-state index >= 15 is 0 Å². The number of carbonyl (C=O) groups is 1. The number of nitrogens with one attached hydrogen (secondary N) is 1. The number of aryl methyl sites for hydroxylation is 2. The lowest BCUT2D eigenvalue weighted by molar-refractivity contribution is 0.102. The van der Waals surface area contributed by atoms with Crippen molar-refractivity contribution < 1.29 is 13.9 Å². The van der Waals surface area contributed by atoms with Crippen molar-refractivity contribution in [1.29, 1.82) is 0 Å². The van der Waals surface area contributed by atoms with Crippen molar-refractivity contribution >= 4 is 27.5 Å². The molecule has 8 heteroatoms. The molecule has 1 aromatic carbocycles. The Labute approximate surface area is 157 Å². The maximum atomic E-state index is 13.7. The number of rotatable bonds is 4. The molecular weight excluding hydrogens is 403 g/mol. The molecule has 0 radical (unpaired) electrons. The fraction of sp³-hybridized carbons (Fsp3) is 0.111. The van der Waals surface area contributed by atoms with Crippen molar-refractivity contribution in [1.82, 2.24) is 15.0 Å². The summed E-state index contributed by atoms with van der Waals surface area (Å²) >= 11 is 3.28. The van der Waals surface area contributed by atoms with E-state index in [9.17, 15) is 9.18 Å². The second-order valence-electron chi connectivity index (χ2n) is 5.43. The van der Waals surface area contributed by atoms with E-state index in [1.165, 1.54) is 18.3 Å². The van der Waals surface area contributed by atoms with Gasteiger partial charge in [0.15, 0.2) is 11.6 Å². The normalized spacial score (nSPS) is 10.5. The first-order valence-electron chi connectivity index (χ1n) is 7.63. The highest BCUT2D eigenvalue weighted by Gasteiger charge is 2.15. The zero-order valence-electron chi connectivity index (χ0n) is 14.0. The van der Waals surface area contributed by atoms with Crippen LogP contribution in [-0.2, 0) is 0 Å². The van der Waals surface area contributed by atoms with Gasteiger partial charge in [-0.25, -0.2) is 4.39 Å². The van der Waals surface area contributed by atoms with Crippen LogP contribution in [0.5, 0.6) is 11.8 Å². The van der Waals surface area contributed by atoms with Gasteiger partial charge < -0.3 is 10.1 Å². The smallest absolute Gasteiger partial charge is 0.322 e. The molecule has 0 atom stereocenters. The molecule has 26 heavy (non-hydrogen) atoms. The third-order valence-corrected chi connectivity index (χ3v) is 3.93. The summed E-state index contributed by atoms with van der Waals surface area (Å²) in [5, 5.41) is 2.77. The number of halogens is 2. The highest BCUT2D eigenvalue weighted by atomic mass is 79.9. The van der Waals surface area contributed by atoms with Gasteiger partial charge in [0.25, 0.3) is 5.91 Å². The number of hydrogen-bond donors (Lipinski definition) is 1. The van der Waals surface area contributed by atoms with Crippen molar-refractivity contribution in [2.45, 2.75) is 13.8 Å². The van der Waals surface area contributed by atoms with Gasteiger partial charge in [0.05, 0.1) is 22.6 Å². The summed E-state index contributed by atoms with van der Waals surface area (Å²) in [4.78, 5) is 24.7. The van der Waals surface area contributed by atoms with E-state index in [1.807, 2.05) is 0 Å². The molecule has 0 unspecified atom stereocenters. The van der Waals surface area contributed by atoms with Crippen LogP contribution in [0, 0.1) is 19.7 Å². The number of aromatic nitrogens is 3.